The molecule has 104 valence electrons. The van der Waals surface area contributed by atoms with Gasteiger partial charge in [-0.05, 0) is 38.3 Å². The molecule has 0 aromatic carbocycles. The van der Waals surface area contributed by atoms with Crippen molar-refractivity contribution in [3.8, 4) is 0 Å². The van der Waals surface area contributed by atoms with Crippen LogP contribution in [-0.2, 0) is 4.74 Å². The molecule has 1 N–H and O–H groups in total. The summed E-state index contributed by atoms with van der Waals surface area (Å²) in [5, 5.41) is 3.59. The Kier molecular flexibility index (Phi) is 4.52. The highest BCUT2D eigenvalue weighted by atomic mass is 16.5. The van der Waals surface area contributed by atoms with Crippen molar-refractivity contribution in [1.29, 1.82) is 0 Å². The summed E-state index contributed by atoms with van der Waals surface area (Å²) in [6.07, 6.45) is 4.26. The van der Waals surface area contributed by atoms with Gasteiger partial charge in [0, 0.05) is 38.8 Å². The van der Waals surface area contributed by atoms with Crippen LogP contribution in [0.15, 0.2) is 0 Å². The molecule has 3 fully saturated rings. The number of hydrogen-bond acceptors (Lipinski definition) is 4. The van der Waals surface area contributed by atoms with E-state index in [4.69, 9.17) is 4.74 Å². The highest BCUT2D eigenvalue weighted by Gasteiger charge is 2.28. The lowest BCUT2D eigenvalue weighted by molar-refractivity contribution is 0.0185. The van der Waals surface area contributed by atoms with Crippen LogP contribution in [0.5, 0.6) is 0 Å². The minimum Gasteiger partial charge on any atom is -0.379 e. The van der Waals surface area contributed by atoms with E-state index < -0.39 is 0 Å². The predicted octanol–water partition coefficient (Wildman–Crippen LogP) is 0.393. The van der Waals surface area contributed by atoms with E-state index in [1.54, 1.807) is 0 Å². The molecule has 1 atom stereocenters. The smallest absolute Gasteiger partial charge is 0.0594 e. The van der Waals surface area contributed by atoms with E-state index in [1.165, 1.54) is 52.0 Å². The van der Waals surface area contributed by atoms with Crippen molar-refractivity contribution in [2.75, 3.05) is 59.0 Å². The number of rotatable bonds is 6. The molecule has 2 aliphatic heterocycles. The Labute approximate surface area is 111 Å². The van der Waals surface area contributed by atoms with Crippen molar-refractivity contribution < 1.29 is 4.74 Å². The molecular weight excluding hydrogens is 226 g/mol. The zero-order valence-corrected chi connectivity index (χ0v) is 11.4. The fraction of sp³-hybridized carbons (Fsp3) is 1.00. The molecule has 0 radical (unpaired) electrons. The zero-order valence-electron chi connectivity index (χ0n) is 11.4. The lowest BCUT2D eigenvalue weighted by atomic mass is 10.2. The molecule has 18 heavy (non-hydrogen) atoms. The van der Waals surface area contributed by atoms with Crippen LogP contribution in [-0.4, -0.2) is 74.9 Å². The third kappa shape index (κ3) is 3.67. The zero-order chi connectivity index (χ0) is 12.2. The SMILES string of the molecule is C(CN1CCC(N2CCOCC2)C1)NCC1CC1. The fourth-order valence-corrected chi connectivity index (χ4v) is 3.12. The van der Waals surface area contributed by atoms with Gasteiger partial charge in [-0.2, -0.15) is 0 Å². The third-order valence-electron chi connectivity index (χ3n) is 4.54. The van der Waals surface area contributed by atoms with E-state index in [0.29, 0.717) is 0 Å². The first-order valence-corrected chi connectivity index (χ1v) is 7.67. The number of likely N-dealkylation sites (tertiary alicyclic amines) is 1. The molecule has 2 heterocycles. The lowest BCUT2D eigenvalue weighted by Crippen LogP contribution is -2.45. The fourth-order valence-electron chi connectivity index (χ4n) is 3.12. The molecule has 0 aromatic rings. The minimum absolute atomic E-state index is 0.789. The van der Waals surface area contributed by atoms with Gasteiger partial charge in [0.05, 0.1) is 13.2 Å². The number of hydrogen-bond donors (Lipinski definition) is 1. The van der Waals surface area contributed by atoms with Gasteiger partial charge in [-0.3, -0.25) is 4.90 Å². The summed E-state index contributed by atoms with van der Waals surface area (Å²) in [5.41, 5.74) is 0. The van der Waals surface area contributed by atoms with Crippen LogP contribution in [0.3, 0.4) is 0 Å². The molecule has 1 aliphatic carbocycles. The second-order valence-electron chi connectivity index (χ2n) is 6.04. The highest BCUT2D eigenvalue weighted by Crippen LogP contribution is 2.27. The van der Waals surface area contributed by atoms with Gasteiger partial charge in [0.25, 0.3) is 0 Å². The Hall–Kier alpha value is -0.160. The molecule has 1 unspecified atom stereocenters. The van der Waals surface area contributed by atoms with Crippen molar-refractivity contribution in [3.63, 3.8) is 0 Å². The topological polar surface area (TPSA) is 27.7 Å². The second kappa shape index (κ2) is 6.33. The van der Waals surface area contributed by atoms with Crippen LogP contribution in [0.4, 0.5) is 0 Å². The molecular formula is C14H27N3O. The Morgan fingerprint density at radius 1 is 1.06 bits per heavy atom. The lowest BCUT2D eigenvalue weighted by Gasteiger charge is -2.32. The highest BCUT2D eigenvalue weighted by molar-refractivity contribution is 4.84. The Morgan fingerprint density at radius 3 is 2.67 bits per heavy atom. The van der Waals surface area contributed by atoms with Crippen LogP contribution < -0.4 is 5.32 Å². The van der Waals surface area contributed by atoms with Crippen LogP contribution >= 0.6 is 0 Å². The molecule has 3 rings (SSSR count). The van der Waals surface area contributed by atoms with Crippen molar-refractivity contribution >= 4 is 0 Å². The molecule has 1 saturated carbocycles. The Bertz CT molecular complexity index is 251. The molecule has 4 nitrogen and oxygen atoms in total. The quantitative estimate of drug-likeness (QED) is 0.693. The largest absolute Gasteiger partial charge is 0.379 e. The summed E-state index contributed by atoms with van der Waals surface area (Å²) in [6.45, 7) is 10.3. The van der Waals surface area contributed by atoms with Crippen molar-refractivity contribution in [1.82, 2.24) is 15.1 Å². The summed E-state index contributed by atoms with van der Waals surface area (Å²) >= 11 is 0. The Morgan fingerprint density at radius 2 is 1.89 bits per heavy atom. The van der Waals surface area contributed by atoms with Crippen LogP contribution in [0, 0.1) is 5.92 Å². The molecule has 0 aromatic heterocycles. The average Bonchev–Trinajstić information content (AvgIpc) is 3.12. The van der Waals surface area contributed by atoms with Gasteiger partial charge in [0.15, 0.2) is 0 Å². The summed E-state index contributed by atoms with van der Waals surface area (Å²) in [7, 11) is 0. The van der Waals surface area contributed by atoms with E-state index in [-0.39, 0.29) is 0 Å². The first-order valence-electron chi connectivity index (χ1n) is 7.67. The maximum absolute atomic E-state index is 5.43. The average molecular weight is 253 g/mol. The second-order valence-corrected chi connectivity index (χ2v) is 6.04. The summed E-state index contributed by atoms with van der Waals surface area (Å²) in [6, 6.07) is 0.789. The Balaban J connectivity index is 1.30. The van der Waals surface area contributed by atoms with E-state index in [0.717, 1.165) is 38.3 Å². The molecule has 0 spiro atoms. The number of morpholine rings is 1. The van der Waals surface area contributed by atoms with Gasteiger partial charge in [-0.1, -0.05) is 0 Å². The van der Waals surface area contributed by atoms with Gasteiger partial charge in [0.1, 0.15) is 0 Å². The van der Waals surface area contributed by atoms with Gasteiger partial charge in [0.2, 0.25) is 0 Å². The third-order valence-corrected chi connectivity index (χ3v) is 4.54. The van der Waals surface area contributed by atoms with Gasteiger partial charge < -0.3 is 15.0 Å². The molecule has 0 amide bonds. The molecule has 0 bridgehead atoms. The van der Waals surface area contributed by atoms with Crippen molar-refractivity contribution in [3.05, 3.63) is 0 Å². The number of nitrogens with one attached hydrogen (secondary N) is 1. The van der Waals surface area contributed by atoms with Gasteiger partial charge in [-0.25, -0.2) is 0 Å². The first-order chi connectivity index (χ1) is 8.92. The number of nitrogens with zero attached hydrogens (tertiary/aromatic N) is 2. The predicted molar refractivity (Wildman–Crippen MR) is 72.8 cm³/mol. The summed E-state index contributed by atoms with van der Waals surface area (Å²) < 4.78 is 5.43. The first kappa shape index (κ1) is 12.9. The number of ether oxygens (including phenoxy) is 1. The van der Waals surface area contributed by atoms with Crippen LogP contribution in [0.2, 0.25) is 0 Å². The van der Waals surface area contributed by atoms with Gasteiger partial charge in [-0.15, -0.1) is 0 Å². The van der Waals surface area contributed by atoms with Crippen LogP contribution in [0.1, 0.15) is 19.3 Å². The van der Waals surface area contributed by atoms with E-state index in [9.17, 15) is 0 Å². The molecule has 2 saturated heterocycles. The normalized spacial score (nSPS) is 31.0. The van der Waals surface area contributed by atoms with E-state index >= 15 is 0 Å². The minimum atomic E-state index is 0.789. The van der Waals surface area contributed by atoms with Crippen molar-refractivity contribution in [2.45, 2.75) is 25.3 Å². The maximum atomic E-state index is 5.43. The van der Waals surface area contributed by atoms with Gasteiger partial charge >= 0.3 is 0 Å². The summed E-state index contributed by atoms with van der Waals surface area (Å²) in [5.74, 6) is 1.00. The van der Waals surface area contributed by atoms with E-state index in [2.05, 4.69) is 15.1 Å². The van der Waals surface area contributed by atoms with E-state index in [1.807, 2.05) is 0 Å². The van der Waals surface area contributed by atoms with Crippen LogP contribution in [0.25, 0.3) is 0 Å². The summed E-state index contributed by atoms with van der Waals surface area (Å²) in [4.78, 5) is 5.25. The maximum Gasteiger partial charge on any atom is 0.0594 e. The van der Waals surface area contributed by atoms with Crippen molar-refractivity contribution in [2.24, 2.45) is 5.92 Å². The molecule has 3 aliphatic rings. The monoisotopic (exact) mass is 253 g/mol. The standard InChI is InChI=1S/C14H27N3O/c1-2-13(1)11-15-4-6-16-5-3-14(12-16)17-7-9-18-10-8-17/h13-15H,1-12H2. The molecule has 4 heteroatoms.